The van der Waals surface area contributed by atoms with Gasteiger partial charge in [0.2, 0.25) is 5.75 Å². The van der Waals surface area contributed by atoms with E-state index in [1.165, 1.54) is 36.4 Å². The first-order valence-electron chi connectivity index (χ1n) is 8.43. The van der Waals surface area contributed by atoms with Crippen molar-refractivity contribution >= 4 is 11.8 Å². The predicted octanol–water partition coefficient (Wildman–Crippen LogP) is 3.02. The lowest BCUT2D eigenvalue weighted by Gasteiger charge is -2.11. The number of benzene rings is 3. The summed E-state index contributed by atoms with van der Waals surface area (Å²) < 4.78 is 10.1. The Hall–Kier alpha value is -4.40. The van der Waals surface area contributed by atoms with Crippen LogP contribution in [0.15, 0.2) is 48.5 Å². The monoisotopic (exact) mass is 412 g/mol. The van der Waals surface area contributed by atoms with Gasteiger partial charge in [-0.3, -0.25) is 4.79 Å². The Morgan fingerprint density at radius 2 is 1.37 bits per heavy atom. The zero-order valence-corrected chi connectivity index (χ0v) is 15.5. The second kappa shape index (κ2) is 7.92. The molecular weight excluding hydrogens is 396 g/mol. The average Bonchev–Trinajstić information content (AvgIpc) is 2.74. The van der Waals surface area contributed by atoms with Crippen LogP contribution in [0.25, 0.3) is 0 Å². The normalized spacial score (nSPS) is 10.4. The van der Waals surface area contributed by atoms with Crippen LogP contribution in [0, 0.1) is 0 Å². The van der Waals surface area contributed by atoms with E-state index in [2.05, 4.69) is 4.74 Å². The van der Waals surface area contributed by atoms with Gasteiger partial charge in [0.25, 0.3) is 0 Å². The second-order valence-electron chi connectivity index (χ2n) is 6.12. The van der Waals surface area contributed by atoms with Gasteiger partial charge < -0.3 is 35.0 Å². The number of phenolic OH excluding ortho intramolecular Hbond substituents is 5. The summed E-state index contributed by atoms with van der Waals surface area (Å²) in [4.78, 5) is 24.2. The number of phenols is 5. The highest BCUT2D eigenvalue weighted by Crippen LogP contribution is 2.38. The van der Waals surface area contributed by atoms with E-state index in [0.29, 0.717) is 0 Å². The fourth-order valence-corrected chi connectivity index (χ4v) is 2.64. The van der Waals surface area contributed by atoms with E-state index in [1.807, 2.05) is 0 Å². The molecule has 0 aromatic heterocycles. The number of hydrogen-bond acceptors (Lipinski definition) is 9. The second-order valence-corrected chi connectivity index (χ2v) is 6.12. The fourth-order valence-electron chi connectivity index (χ4n) is 2.64. The van der Waals surface area contributed by atoms with Crippen molar-refractivity contribution in [3.8, 4) is 40.2 Å². The molecule has 0 spiro atoms. The van der Waals surface area contributed by atoms with Gasteiger partial charge in [-0.2, -0.15) is 0 Å². The summed E-state index contributed by atoms with van der Waals surface area (Å²) in [5, 5.41) is 48.3. The van der Waals surface area contributed by atoms with Crippen LogP contribution in [-0.2, 0) is 4.74 Å². The molecule has 0 aliphatic rings. The lowest BCUT2D eigenvalue weighted by atomic mass is 10.0. The van der Waals surface area contributed by atoms with Crippen molar-refractivity contribution in [2.75, 3.05) is 7.11 Å². The van der Waals surface area contributed by atoms with Crippen molar-refractivity contribution in [1.82, 2.24) is 0 Å². The maximum atomic E-state index is 12.5. The minimum atomic E-state index is -0.869. The Labute approximate surface area is 169 Å². The van der Waals surface area contributed by atoms with Crippen LogP contribution in [0.1, 0.15) is 26.3 Å². The summed E-state index contributed by atoms with van der Waals surface area (Å²) in [6.45, 7) is 0. The molecule has 9 nitrogen and oxygen atoms in total. The van der Waals surface area contributed by atoms with E-state index in [0.717, 1.165) is 19.2 Å². The minimum absolute atomic E-state index is 0.0332. The van der Waals surface area contributed by atoms with Gasteiger partial charge in [0.15, 0.2) is 28.8 Å². The SMILES string of the molecule is COC(=O)c1cc(Oc2ccc(C(=O)c3ccc(O)c(O)c3O)cc2)cc(O)c1O. The molecule has 9 heteroatoms. The highest BCUT2D eigenvalue weighted by atomic mass is 16.5. The summed E-state index contributed by atoms with van der Waals surface area (Å²) in [6.07, 6.45) is 0. The van der Waals surface area contributed by atoms with E-state index in [9.17, 15) is 35.1 Å². The van der Waals surface area contributed by atoms with Crippen LogP contribution < -0.4 is 4.74 Å². The van der Waals surface area contributed by atoms with Crippen molar-refractivity contribution in [1.29, 1.82) is 0 Å². The maximum absolute atomic E-state index is 12.5. The van der Waals surface area contributed by atoms with Gasteiger partial charge in [-0.05, 0) is 42.5 Å². The summed E-state index contributed by atoms with van der Waals surface area (Å²) in [5.41, 5.74) is -0.335. The van der Waals surface area contributed by atoms with E-state index in [1.54, 1.807) is 0 Å². The predicted molar refractivity (Wildman–Crippen MR) is 102 cm³/mol. The topological polar surface area (TPSA) is 154 Å². The highest BCUT2D eigenvalue weighted by molar-refractivity contribution is 6.11. The van der Waals surface area contributed by atoms with Gasteiger partial charge >= 0.3 is 5.97 Å². The van der Waals surface area contributed by atoms with Crippen LogP contribution in [-0.4, -0.2) is 44.4 Å². The summed E-state index contributed by atoms with van der Waals surface area (Å²) in [5.74, 6) is -4.53. The molecule has 154 valence electrons. The molecule has 0 heterocycles. The number of aromatic hydroxyl groups is 5. The molecule has 0 saturated heterocycles. The summed E-state index contributed by atoms with van der Waals surface area (Å²) in [6, 6.07) is 10.2. The van der Waals surface area contributed by atoms with Crippen LogP contribution in [0.5, 0.6) is 40.2 Å². The molecule has 0 amide bonds. The first-order chi connectivity index (χ1) is 14.2. The standard InChI is InChI=1S/C21H16O9/c1-29-21(28)14-8-12(9-16(23)18(14)25)30-11-4-2-10(3-5-11)17(24)13-6-7-15(22)20(27)19(13)26/h2-9,22-23,25-27H,1H3. The number of hydrogen-bond donors (Lipinski definition) is 5. The zero-order valence-electron chi connectivity index (χ0n) is 15.5. The molecule has 0 saturated carbocycles. The summed E-state index contributed by atoms with van der Waals surface area (Å²) >= 11 is 0. The van der Waals surface area contributed by atoms with Crippen molar-refractivity contribution in [2.24, 2.45) is 0 Å². The molecule has 0 bridgehead atoms. The molecule has 5 N–H and O–H groups in total. The lowest BCUT2D eigenvalue weighted by molar-refractivity contribution is 0.0596. The Balaban J connectivity index is 1.85. The molecule has 0 atom stereocenters. The molecule has 3 rings (SSSR count). The van der Waals surface area contributed by atoms with Crippen LogP contribution in [0.3, 0.4) is 0 Å². The number of methoxy groups -OCH3 is 1. The van der Waals surface area contributed by atoms with Crippen molar-refractivity contribution in [3.05, 3.63) is 65.2 Å². The smallest absolute Gasteiger partial charge is 0.341 e. The Morgan fingerprint density at radius 3 is 2.00 bits per heavy atom. The van der Waals surface area contributed by atoms with Crippen molar-refractivity contribution < 1.29 is 44.6 Å². The number of carbonyl (C=O) groups is 2. The number of esters is 1. The van der Waals surface area contributed by atoms with Gasteiger partial charge in [0.05, 0.1) is 12.7 Å². The third-order valence-corrected chi connectivity index (χ3v) is 4.20. The third-order valence-electron chi connectivity index (χ3n) is 4.20. The van der Waals surface area contributed by atoms with Crippen molar-refractivity contribution in [2.45, 2.75) is 0 Å². The molecule has 0 unspecified atom stereocenters. The van der Waals surface area contributed by atoms with Gasteiger partial charge in [0, 0.05) is 11.6 Å². The van der Waals surface area contributed by atoms with Gasteiger partial charge in [-0.1, -0.05) is 0 Å². The van der Waals surface area contributed by atoms with Crippen LogP contribution in [0.4, 0.5) is 0 Å². The molecule has 0 fully saturated rings. The Bertz CT molecular complexity index is 1130. The van der Waals surface area contributed by atoms with E-state index >= 15 is 0 Å². The molecule has 3 aromatic carbocycles. The lowest BCUT2D eigenvalue weighted by Crippen LogP contribution is -2.02. The van der Waals surface area contributed by atoms with Crippen LogP contribution in [0.2, 0.25) is 0 Å². The Morgan fingerprint density at radius 1 is 0.700 bits per heavy atom. The molecular formula is C21H16O9. The molecule has 30 heavy (non-hydrogen) atoms. The van der Waals surface area contributed by atoms with E-state index in [4.69, 9.17) is 4.74 Å². The Kier molecular flexibility index (Phi) is 5.37. The highest BCUT2D eigenvalue weighted by Gasteiger charge is 2.20. The number of rotatable bonds is 5. The van der Waals surface area contributed by atoms with Gasteiger partial charge in [0.1, 0.15) is 17.1 Å². The first-order valence-corrected chi connectivity index (χ1v) is 8.43. The number of carbonyl (C=O) groups excluding carboxylic acids is 2. The maximum Gasteiger partial charge on any atom is 0.341 e. The number of ether oxygens (including phenoxy) is 2. The van der Waals surface area contributed by atoms with Gasteiger partial charge in [-0.15, -0.1) is 0 Å². The average molecular weight is 412 g/mol. The third kappa shape index (κ3) is 3.76. The molecule has 0 aliphatic carbocycles. The molecule has 0 radical (unpaired) electrons. The van der Waals surface area contributed by atoms with Gasteiger partial charge in [-0.25, -0.2) is 4.79 Å². The molecule has 3 aromatic rings. The summed E-state index contributed by atoms with van der Waals surface area (Å²) in [7, 11) is 1.12. The minimum Gasteiger partial charge on any atom is -0.504 e. The first kappa shape index (κ1) is 20.3. The number of ketones is 1. The van der Waals surface area contributed by atoms with E-state index < -0.39 is 40.5 Å². The quantitative estimate of drug-likeness (QED) is 0.242. The zero-order chi connectivity index (χ0) is 22.0. The fraction of sp³-hybridized carbons (Fsp3) is 0.0476. The van der Waals surface area contributed by atoms with E-state index in [-0.39, 0.29) is 28.2 Å². The largest absolute Gasteiger partial charge is 0.504 e. The molecule has 0 aliphatic heterocycles. The van der Waals surface area contributed by atoms with Crippen LogP contribution >= 0.6 is 0 Å². The van der Waals surface area contributed by atoms with Crippen molar-refractivity contribution in [3.63, 3.8) is 0 Å².